The average molecular weight is 423 g/mol. The van der Waals surface area contributed by atoms with E-state index in [9.17, 15) is 9.18 Å². The lowest BCUT2D eigenvalue weighted by molar-refractivity contribution is -0.115. The molecule has 0 bridgehead atoms. The van der Waals surface area contributed by atoms with E-state index in [0.717, 1.165) is 31.5 Å². The van der Waals surface area contributed by atoms with E-state index in [4.69, 9.17) is 9.73 Å². The molecular weight excluding hydrogens is 395 g/mol. The van der Waals surface area contributed by atoms with Crippen molar-refractivity contribution in [3.8, 4) is 5.75 Å². The molecule has 0 aromatic heterocycles. The SMILES string of the molecule is CCC(=O)Nc1cccc(OC2=C(c3ccc(F)cc3)N=CN(C3CCNCC3)C2)c1. The van der Waals surface area contributed by atoms with Gasteiger partial charge < -0.3 is 20.3 Å². The van der Waals surface area contributed by atoms with Crippen LogP contribution in [0.2, 0.25) is 0 Å². The van der Waals surface area contributed by atoms with Crippen molar-refractivity contribution in [3.05, 3.63) is 65.7 Å². The molecule has 162 valence electrons. The first-order chi connectivity index (χ1) is 15.1. The van der Waals surface area contributed by atoms with Gasteiger partial charge in [-0.3, -0.25) is 4.79 Å². The maximum absolute atomic E-state index is 13.4. The van der Waals surface area contributed by atoms with Gasteiger partial charge in [0.05, 0.1) is 12.9 Å². The lowest BCUT2D eigenvalue weighted by Gasteiger charge is -2.35. The number of ether oxygens (including phenoxy) is 1. The number of rotatable bonds is 6. The number of nitrogens with zero attached hydrogens (tertiary/aromatic N) is 2. The van der Waals surface area contributed by atoms with Gasteiger partial charge in [0.15, 0.2) is 0 Å². The Bertz CT molecular complexity index is 981. The Hall–Kier alpha value is -3.19. The first-order valence-corrected chi connectivity index (χ1v) is 10.7. The Morgan fingerprint density at radius 1 is 1.23 bits per heavy atom. The van der Waals surface area contributed by atoms with Crippen molar-refractivity contribution >= 4 is 23.6 Å². The van der Waals surface area contributed by atoms with Crippen molar-refractivity contribution in [2.24, 2.45) is 4.99 Å². The number of nitrogens with one attached hydrogen (secondary N) is 2. The molecule has 0 saturated carbocycles. The molecule has 1 amide bonds. The molecule has 31 heavy (non-hydrogen) atoms. The van der Waals surface area contributed by atoms with Gasteiger partial charge in [0.25, 0.3) is 0 Å². The third-order valence-corrected chi connectivity index (χ3v) is 5.50. The minimum Gasteiger partial charge on any atom is -0.457 e. The maximum atomic E-state index is 13.4. The first-order valence-electron chi connectivity index (χ1n) is 10.7. The van der Waals surface area contributed by atoms with Crippen LogP contribution >= 0.6 is 0 Å². The van der Waals surface area contributed by atoms with Gasteiger partial charge in [-0.15, -0.1) is 0 Å². The van der Waals surface area contributed by atoms with E-state index in [0.29, 0.717) is 41.9 Å². The Balaban J connectivity index is 1.61. The summed E-state index contributed by atoms with van der Waals surface area (Å²) in [5.74, 6) is 0.975. The van der Waals surface area contributed by atoms with Crippen LogP contribution < -0.4 is 15.4 Å². The monoisotopic (exact) mass is 422 g/mol. The fourth-order valence-electron chi connectivity index (χ4n) is 3.80. The van der Waals surface area contributed by atoms with Crippen LogP contribution in [-0.4, -0.2) is 42.8 Å². The second kappa shape index (κ2) is 9.75. The largest absolute Gasteiger partial charge is 0.457 e. The number of benzene rings is 2. The third-order valence-electron chi connectivity index (χ3n) is 5.50. The van der Waals surface area contributed by atoms with Crippen LogP contribution in [0.3, 0.4) is 0 Å². The summed E-state index contributed by atoms with van der Waals surface area (Å²) < 4.78 is 19.7. The van der Waals surface area contributed by atoms with Crippen molar-refractivity contribution in [1.29, 1.82) is 0 Å². The van der Waals surface area contributed by atoms with Crippen molar-refractivity contribution in [2.75, 3.05) is 25.0 Å². The summed E-state index contributed by atoms with van der Waals surface area (Å²) in [5.41, 5.74) is 2.17. The average Bonchev–Trinajstić information content (AvgIpc) is 2.80. The molecule has 4 rings (SSSR count). The number of hydrogen-bond donors (Lipinski definition) is 2. The van der Waals surface area contributed by atoms with Gasteiger partial charge in [0.2, 0.25) is 5.91 Å². The quantitative estimate of drug-likeness (QED) is 0.738. The predicted molar refractivity (Wildman–Crippen MR) is 120 cm³/mol. The fraction of sp³-hybridized carbons (Fsp3) is 0.333. The van der Waals surface area contributed by atoms with Crippen LogP contribution in [0.25, 0.3) is 5.70 Å². The summed E-state index contributed by atoms with van der Waals surface area (Å²) in [6.45, 7) is 4.36. The molecule has 1 fully saturated rings. The number of amides is 1. The molecule has 0 atom stereocenters. The van der Waals surface area contributed by atoms with E-state index in [1.165, 1.54) is 12.1 Å². The number of piperidine rings is 1. The zero-order chi connectivity index (χ0) is 21.6. The fourth-order valence-corrected chi connectivity index (χ4v) is 3.80. The molecule has 0 radical (unpaired) electrons. The van der Waals surface area contributed by atoms with E-state index in [2.05, 4.69) is 15.5 Å². The molecule has 2 aromatic carbocycles. The lowest BCUT2D eigenvalue weighted by atomic mass is 10.0. The van der Waals surface area contributed by atoms with Gasteiger partial charge in [0.1, 0.15) is 23.0 Å². The summed E-state index contributed by atoms with van der Waals surface area (Å²) in [7, 11) is 0. The molecule has 2 aliphatic heterocycles. The van der Waals surface area contributed by atoms with E-state index < -0.39 is 0 Å². The minimum absolute atomic E-state index is 0.0530. The van der Waals surface area contributed by atoms with Gasteiger partial charge in [-0.25, -0.2) is 9.38 Å². The number of carbonyl (C=O) groups excluding carboxylic acids is 1. The van der Waals surface area contributed by atoms with Crippen LogP contribution in [-0.2, 0) is 4.79 Å². The molecule has 2 heterocycles. The van der Waals surface area contributed by atoms with Crippen LogP contribution in [0.4, 0.5) is 10.1 Å². The van der Waals surface area contributed by atoms with Crippen LogP contribution in [0.5, 0.6) is 5.75 Å². The van der Waals surface area contributed by atoms with Crippen molar-refractivity contribution in [3.63, 3.8) is 0 Å². The van der Waals surface area contributed by atoms with Crippen molar-refractivity contribution in [1.82, 2.24) is 10.2 Å². The minimum atomic E-state index is -0.290. The second-order valence-electron chi connectivity index (χ2n) is 7.71. The lowest BCUT2D eigenvalue weighted by Crippen LogP contribution is -2.44. The van der Waals surface area contributed by atoms with Gasteiger partial charge >= 0.3 is 0 Å². The zero-order valence-electron chi connectivity index (χ0n) is 17.6. The molecule has 0 spiro atoms. The molecule has 2 aliphatic rings. The highest BCUT2D eigenvalue weighted by atomic mass is 19.1. The molecule has 2 aromatic rings. The Kier molecular flexibility index (Phi) is 6.62. The topological polar surface area (TPSA) is 66.0 Å². The summed E-state index contributed by atoms with van der Waals surface area (Å²) in [6.07, 6.45) is 4.37. The standard InChI is InChI=1S/C24H27FN4O2/c1-2-23(30)28-19-4-3-5-21(14-19)31-22-15-29(20-10-12-26-13-11-20)16-27-24(22)17-6-8-18(25)9-7-17/h3-9,14,16,20,26H,2,10-13,15H2,1H3,(H,28,30). The summed E-state index contributed by atoms with van der Waals surface area (Å²) >= 11 is 0. The van der Waals surface area contributed by atoms with Crippen molar-refractivity contribution in [2.45, 2.75) is 32.2 Å². The highest BCUT2D eigenvalue weighted by molar-refractivity contribution is 5.90. The number of anilines is 1. The van der Waals surface area contributed by atoms with Gasteiger partial charge in [-0.05, 0) is 62.3 Å². The van der Waals surface area contributed by atoms with E-state index in [1.807, 2.05) is 31.5 Å². The second-order valence-corrected chi connectivity index (χ2v) is 7.71. The van der Waals surface area contributed by atoms with E-state index in [-0.39, 0.29) is 11.7 Å². The smallest absolute Gasteiger partial charge is 0.224 e. The third kappa shape index (κ3) is 5.30. The maximum Gasteiger partial charge on any atom is 0.224 e. The highest BCUT2D eigenvalue weighted by Crippen LogP contribution is 2.29. The number of halogens is 1. The summed E-state index contributed by atoms with van der Waals surface area (Å²) in [4.78, 5) is 18.6. The zero-order valence-corrected chi connectivity index (χ0v) is 17.6. The van der Waals surface area contributed by atoms with Crippen molar-refractivity contribution < 1.29 is 13.9 Å². The normalized spacial score (nSPS) is 17.0. The van der Waals surface area contributed by atoms with E-state index >= 15 is 0 Å². The number of hydrogen-bond acceptors (Lipinski definition) is 5. The summed E-state index contributed by atoms with van der Waals surface area (Å²) in [5, 5.41) is 6.24. The highest BCUT2D eigenvalue weighted by Gasteiger charge is 2.25. The van der Waals surface area contributed by atoms with Crippen LogP contribution in [0.1, 0.15) is 31.7 Å². The molecule has 0 unspecified atom stereocenters. The van der Waals surface area contributed by atoms with Gasteiger partial charge in [0, 0.05) is 29.8 Å². The molecule has 7 heteroatoms. The summed E-state index contributed by atoms with van der Waals surface area (Å²) in [6, 6.07) is 14.0. The molecular formula is C24H27FN4O2. The van der Waals surface area contributed by atoms with Gasteiger partial charge in [-0.2, -0.15) is 0 Å². The Morgan fingerprint density at radius 2 is 2.00 bits per heavy atom. The molecule has 0 aliphatic carbocycles. The van der Waals surface area contributed by atoms with E-state index in [1.54, 1.807) is 18.2 Å². The van der Waals surface area contributed by atoms with Crippen LogP contribution in [0, 0.1) is 5.82 Å². The first kappa shape index (κ1) is 21.1. The molecule has 6 nitrogen and oxygen atoms in total. The van der Waals surface area contributed by atoms with Gasteiger partial charge in [-0.1, -0.05) is 13.0 Å². The Labute approximate surface area is 181 Å². The molecule has 1 saturated heterocycles. The number of aliphatic imine (C=N–C) groups is 1. The Morgan fingerprint density at radius 3 is 2.74 bits per heavy atom. The molecule has 2 N–H and O–H groups in total. The predicted octanol–water partition coefficient (Wildman–Crippen LogP) is 4.02. The number of carbonyl (C=O) groups is 1. The van der Waals surface area contributed by atoms with Crippen LogP contribution in [0.15, 0.2) is 59.3 Å².